The molecule has 1 fully saturated rings. The number of likely N-dealkylation sites (tertiary alicyclic amines) is 1. The van der Waals surface area contributed by atoms with Gasteiger partial charge >= 0.3 is 0 Å². The van der Waals surface area contributed by atoms with E-state index >= 15 is 0 Å². The van der Waals surface area contributed by atoms with Gasteiger partial charge in [-0.1, -0.05) is 6.92 Å². The Labute approximate surface area is 74.5 Å². The van der Waals surface area contributed by atoms with E-state index in [1.807, 2.05) is 6.92 Å². The van der Waals surface area contributed by atoms with Crippen LogP contribution < -0.4 is 5.73 Å². The van der Waals surface area contributed by atoms with Gasteiger partial charge < -0.3 is 10.8 Å². The fourth-order valence-corrected chi connectivity index (χ4v) is 1.68. The van der Waals surface area contributed by atoms with Gasteiger partial charge in [-0.15, -0.1) is 0 Å². The van der Waals surface area contributed by atoms with Crippen molar-refractivity contribution in [1.82, 2.24) is 4.90 Å². The van der Waals surface area contributed by atoms with Crippen LogP contribution in [0.1, 0.15) is 26.2 Å². The SMILES string of the molecule is CCC(O)CN1CCCC(N)C1. The summed E-state index contributed by atoms with van der Waals surface area (Å²) in [5.74, 6) is 0. The fraction of sp³-hybridized carbons (Fsp3) is 1.00. The number of nitrogens with zero attached hydrogens (tertiary/aromatic N) is 1. The van der Waals surface area contributed by atoms with Crippen LogP contribution in [-0.2, 0) is 0 Å². The lowest BCUT2D eigenvalue weighted by Gasteiger charge is -2.31. The Morgan fingerprint density at radius 2 is 2.42 bits per heavy atom. The molecule has 2 unspecified atom stereocenters. The van der Waals surface area contributed by atoms with Gasteiger partial charge in [0.1, 0.15) is 0 Å². The highest BCUT2D eigenvalue weighted by molar-refractivity contribution is 4.76. The average molecular weight is 172 g/mol. The summed E-state index contributed by atoms with van der Waals surface area (Å²) in [7, 11) is 0. The van der Waals surface area contributed by atoms with E-state index in [-0.39, 0.29) is 6.10 Å². The van der Waals surface area contributed by atoms with Gasteiger partial charge in [0.15, 0.2) is 0 Å². The third kappa shape index (κ3) is 3.09. The maximum Gasteiger partial charge on any atom is 0.0664 e. The van der Waals surface area contributed by atoms with E-state index < -0.39 is 0 Å². The number of aliphatic hydroxyl groups excluding tert-OH is 1. The number of rotatable bonds is 3. The molecule has 0 spiro atoms. The smallest absolute Gasteiger partial charge is 0.0664 e. The molecule has 1 aliphatic rings. The fourth-order valence-electron chi connectivity index (χ4n) is 1.68. The predicted octanol–water partition coefficient (Wildman–Crippen LogP) is 0.180. The molecule has 3 N–H and O–H groups in total. The molecule has 12 heavy (non-hydrogen) atoms. The summed E-state index contributed by atoms with van der Waals surface area (Å²) in [5, 5.41) is 9.41. The van der Waals surface area contributed by atoms with Crippen molar-refractivity contribution in [2.24, 2.45) is 5.73 Å². The van der Waals surface area contributed by atoms with Gasteiger partial charge in [-0.3, -0.25) is 4.90 Å². The van der Waals surface area contributed by atoms with Crippen molar-refractivity contribution < 1.29 is 5.11 Å². The molecule has 2 atom stereocenters. The molecule has 0 aromatic carbocycles. The summed E-state index contributed by atoms with van der Waals surface area (Å²) in [6.45, 7) is 4.86. The first kappa shape index (κ1) is 9.96. The summed E-state index contributed by atoms with van der Waals surface area (Å²) >= 11 is 0. The lowest BCUT2D eigenvalue weighted by Crippen LogP contribution is -2.45. The lowest BCUT2D eigenvalue weighted by molar-refractivity contribution is 0.0934. The van der Waals surface area contributed by atoms with Crippen LogP contribution in [0.5, 0.6) is 0 Å². The Morgan fingerprint density at radius 1 is 1.67 bits per heavy atom. The van der Waals surface area contributed by atoms with Crippen molar-refractivity contribution in [2.45, 2.75) is 38.3 Å². The topological polar surface area (TPSA) is 49.5 Å². The van der Waals surface area contributed by atoms with Crippen molar-refractivity contribution in [3.05, 3.63) is 0 Å². The van der Waals surface area contributed by atoms with Crippen molar-refractivity contribution in [1.29, 1.82) is 0 Å². The van der Waals surface area contributed by atoms with Gasteiger partial charge in [-0.2, -0.15) is 0 Å². The molecule has 0 amide bonds. The minimum atomic E-state index is -0.171. The summed E-state index contributed by atoms with van der Waals surface area (Å²) < 4.78 is 0. The number of β-amino-alcohol motifs (C(OH)–C–C–N with tert-alkyl or cyclic N) is 1. The Hall–Kier alpha value is -0.120. The number of aliphatic hydroxyl groups is 1. The van der Waals surface area contributed by atoms with Crippen molar-refractivity contribution in [2.75, 3.05) is 19.6 Å². The first-order chi connectivity index (χ1) is 5.72. The van der Waals surface area contributed by atoms with Crippen LogP contribution in [0.3, 0.4) is 0 Å². The Kier molecular flexibility index (Phi) is 3.98. The highest BCUT2D eigenvalue weighted by Gasteiger charge is 2.17. The number of nitrogens with two attached hydrogens (primary N) is 1. The molecule has 0 aromatic rings. The van der Waals surface area contributed by atoms with Gasteiger partial charge in [-0.25, -0.2) is 0 Å². The van der Waals surface area contributed by atoms with Crippen LogP contribution in [-0.4, -0.2) is 41.8 Å². The highest BCUT2D eigenvalue weighted by Crippen LogP contribution is 2.08. The van der Waals surface area contributed by atoms with Gasteiger partial charge in [-0.05, 0) is 25.8 Å². The van der Waals surface area contributed by atoms with Crippen LogP contribution in [0.25, 0.3) is 0 Å². The van der Waals surface area contributed by atoms with E-state index in [1.54, 1.807) is 0 Å². The van der Waals surface area contributed by atoms with Crippen molar-refractivity contribution in [3.8, 4) is 0 Å². The molecule has 3 heteroatoms. The van der Waals surface area contributed by atoms with E-state index in [1.165, 1.54) is 6.42 Å². The van der Waals surface area contributed by atoms with E-state index in [0.29, 0.717) is 6.04 Å². The van der Waals surface area contributed by atoms with Gasteiger partial charge in [0.2, 0.25) is 0 Å². The predicted molar refractivity (Wildman–Crippen MR) is 49.9 cm³/mol. The summed E-state index contributed by atoms with van der Waals surface area (Å²) in [6.07, 6.45) is 2.98. The second-order valence-electron chi connectivity index (χ2n) is 3.72. The summed E-state index contributed by atoms with van der Waals surface area (Å²) in [5.41, 5.74) is 5.82. The molecular formula is C9H20N2O. The Bertz CT molecular complexity index is 130. The molecular weight excluding hydrogens is 152 g/mol. The molecule has 0 radical (unpaired) electrons. The van der Waals surface area contributed by atoms with Crippen molar-refractivity contribution in [3.63, 3.8) is 0 Å². The van der Waals surface area contributed by atoms with Gasteiger partial charge in [0.05, 0.1) is 6.10 Å². The quantitative estimate of drug-likeness (QED) is 0.638. The van der Waals surface area contributed by atoms with E-state index in [0.717, 1.165) is 32.5 Å². The van der Waals surface area contributed by atoms with E-state index in [9.17, 15) is 5.11 Å². The van der Waals surface area contributed by atoms with E-state index in [2.05, 4.69) is 4.90 Å². The number of hydrogen-bond acceptors (Lipinski definition) is 3. The normalized spacial score (nSPS) is 28.8. The molecule has 1 aliphatic heterocycles. The third-order valence-electron chi connectivity index (χ3n) is 2.48. The second kappa shape index (κ2) is 4.80. The zero-order valence-corrected chi connectivity index (χ0v) is 7.87. The second-order valence-corrected chi connectivity index (χ2v) is 3.72. The maximum absolute atomic E-state index is 9.41. The first-order valence-electron chi connectivity index (χ1n) is 4.88. The minimum Gasteiger partial charge on any atom is -0.392 e. The van der Waals surface area contributed by atoms with Gasteiger partial charge in [0.25, 0.3) is 0 Å². The van der Waals surface area contributed by atoms with Crippen LogP contribution in [0.15, 0.2) is 0 Å². The first-order valence-corrected chi connectivity index (χ1v) is 4.88. The van der Waals surface area contributed by atoms with Crippen LogP contribution >= 0.6 is 0 Å². The summed E-state index contributed by atoms with van der Waals surface area (Å²) in [4.78, 5) is 2.27. The lowest BCUT2D eigenvalue weighted by atomic mass is 10.1. The molecule has 1 rings (SSSR count). The number of piperidine rings is 1. The molecule has 0 bridgehead atoms. The number of hydrogen-bond donors (Lipinski definition) is 2. The largest absolute Gasteiger partial charge is 0.392 e. The average Bonchev–Trinajstić information content (AvgIpc) is 2.04. The maximum atomic E-state index is 9.41. The zero-order valence-electron chi connectivity index (χ0n) is 7.87. The monoisotopic (exact) mass is 172 g/mol. The molecule has 0 saturated carbocycles. The van der Waals surface area contributed by atoms with Crippen LogP contribution in [0.4, 0.5) is 0 Å². The molecule has 0 aliphatic carbocycles. The third-order valence-corrected chi connectivity index (χ3v) is 2.48. The molecule has 0 aromatic heterocycles. The van der Waals surface area contributed by atoms with Gasteiger partial charge in [0, 0.05) is 19.1 Å². The zero-order chi connectivity index (χ0) is 8.97. The van der Waals surface area contributed by atoms with Crippen LogP contribution in [0, 0.1) is 0 Å². The van der Waals surface area contributed by atoms with Crippen molar-refractivity contribution >= 4 is 0 Å². The standard InChI is InChI=1S/C9H20N2O/c1-2-9(12)7-11-5-3-4-8(10)6-11/h8-9,12H,2-7,10H2,1H3. The molecule has 72 valence electrons. The minimum absolute atomic E-state index is 0.171. The highest BCUT2D eigenvalue weighted by atomic mass is 16.3. The van der Waals surface area contributed by atoms with Crippen LogP contribution in [0.2, 0.25) is 0 Å². The Balaban J connectivity index is 2.22. The Morgan fingerprint density at radius 3 is 3.00 bits per heavy atom. The molecule has 1 saturated heterocycles. The molecule has 3 nitrogen and oxygen atoms in total. The molecule has 1 heterocycles. The van der Waals surface area contributed by atoms with E-state index in [4.69, 9.17) is 5.73 Å². The summed E-state index contributed by atoms with van der Waals surface area (Å²) in [6, 6.07) is 0.322.